The number of hydrogen-bond donors (Lipinski definition) is 2. The molecule has 0 bridgehead atoms. The number of fused-ring (bicyclic) bond motifs is 1. The molecule has 3 heterocycles. The molecule has 1 aromatic carbocycles. The van der Waals surface area contributed by atoms with Gasteiger partial charge in [0.2, 0.25) is 0 Å². The Hall–Kier alpha value is -3.35. The Labute approximate surface area is 155 Å². The number of nitrogens with zero attached hydrogens (tertiary/aromatic N) is 2. The number of aromatic nitrogens is 2. The van der Waals surface area contributed by atoms with Crippen LogP contribution in [0, 0.1) is 5.41 Å². The van der Waals surface area contributed by atoms with Gasteiger partial charge >= 0.3 is 0 Å². The van der Waals surface area contributed by atoms with Crippen LogP contribution >= 0.6 is 0 Å². The van der Waals surface area contributed by atoms with Gasteiger partial charge in [0.25, 0.3) is 5.91 Å². The maximum atomic E-state index is 13.0. The van der Waals surface area contributed by atoms with Gasteiger partial charge in [-0.2, -0.15) is 0 Å². The minimum absolute atomic E-state index is 0.0459. The normalized spacial score (nSPS) is 18.0. The van der Waals surface area contributed by atoms with Crippen LogP contribution in [-0.4, -0.2) is 26.8 Å². The highest BCUT2D eigenvalue weighted by Crippen LogP contribution is 2.43. The summed E-state index contributed by atoms with van der Waals surface area (Å²) in [6, 6.07) is 7.81. The number of H-pyrrole nitrogens is 1. The third-order valence-electron chi connectivity index (χ3n) is 4.63. The highest BCUT2D eigenvalue weighted by atomic mass is 16.3. The summed E-state index contributed by atoms with van der Waals surface area (Å²) in [6.45, 7) is 5.24. The molecule has 1 atom stereocenters. The zero-order chi connectivity index (χ0) is 19.3. The Morgan fingerprint density at radius 3 is 2.74 bits per heavy atom. The van der Waals surface area contributed by atoms with Gasteiger partial charge in [-0.05, 0) is 30.3 Å². The summed E-state index contributed by atoms with van der Waals surface area (Å²) in [6.07, 6.45) is 3.04. The average Bonchev–Trinajstić information content (AvgIpc) is 3.33. The van der Waals surface area contributed by atoms with Crippen molar-refractivity contribution in [2.75, 3.05) is 4.90 Å². The van der Waals surface area contributed by atoms with Gasteiger partial charge in [-0.25, -0.2) is 4.98 Å². The quantitative estimate of drug-likeness (QED) is 0.738. The Morgan fingerprint density at radius 2 is 2.07 bits per heavy atom. The summed E-state index contributed by atoms with van der Waals surface area (Å²) in [7, 11) is 0. The summed E-state index contributed by atoms with van der Waals surface area (Å²) < 4.78 is 5.52. The number of carbonyl (C=O) groups excluding carboxylic acids is 2. The van der Waals surface area contributed by atoms with E-state index in [2.05, 4.69) is 9.97 Å². The molecule has 0 radical (unpaired) electrons. The van der Waals surface area contributed by atoms with Gasteiger partial charge in [-0.1, -0.05) is 20.8 Å². The number of ketones is 1. The molecule has 0 saturated carbocycles. The van der Waals surface area contributed by atoms with Crippen molar-refractivity contribution in [2.24, 2.45) is 5.41 Å². The second-order valence-corrected chi connectivity index (χ2v) is 7.54. The molecule has 7 nitrogen and oxygen atoms in total. The fraction of sp³-hybridized carbons (Fsp3) is 0.250. The topological polar surface area (TPSA) is 99.4 Å². The number of furan rings is 1. The van der Waals surface area contributed by atoms with E-state index in [9.17, 15) is 14.7 Å². The van der Waals surface area contributed by atoms with Gasteiger partial charge in [-0.3, -0.25) is 14.5 Å². The molecule has 1 aliphatic rings. The van der Waals surface area contributed by atoms with Crippen molar-refractivity contribution < 1.29 is 19.1 Å². The van der Waals surface area contributed by atoms with E-state index in [-0.39, 0.29) is 11.4 Å². The number of hydrogen-bond acceptors (Lipinski definition) is 5. The SMILES string of the molecule is CC(C)(C)C(=O)C1=C(O)C(=O)N(c2ccc3[nH]cnc3c2)C1c1ccco1. The lowest BCUT2D eigenvalue weighted by Crippen LogP contribution is -2.32. The highest BCUT2D eigenvalue weighted by Gasteiger charge is 2.47. The number of benzene rings is 1. The van der Waals surface area contributed by atoms with Crippen LogP contribution in [0.15, 0.2) is 58.7 Å². The van der Waals surface area contributed by atoms with Crippen LogP contribution in [0.3, 0.4) is 0 Å². The lowest BCUT2D eigenvalue weighted by atomic mass is 9.83. The number of carbonyl (C=O) groups is 2. The molecule has 138 valence electrons. The zero-order valence-corrected chi connectivity index (χ0v) is 15.2. The minimum Gasteiger partial charge on any atom is -0.503 e. The van der Waals surface area contributed by atoms with Crippen molar-refractivity contribution in [3.8, 4) is 0 Å². The van der Waals surface area contributed by atoms with Gasteiger partial charge in [0.05, 0.1) is 29.2 Å². The second-order valence-electron chi connectivity index (χ2n) is 7.54. The molecule has 27 heavy (non-hydrogen) atoms. The Kier molecular flexibility index (Phi) is 3.69. The predicted octanol–water partition coefficient (Wildman–Crippen LogP) is 3.67. The van der Waals surface area contributed by atoms with Gasteiger partial charge in [0, 0.05) is 11.1 Å². The van der Waals surface area contributed by atoms with Gasteiger partial charge in [0.1, 0.15) is 11.8 Å². The zero-order valence-electron chi connectivity index (χ0n) is 15.2. The number of aliphatic hydroxyl groups excluding tert-OH is 1. The summed E-state index contributed by atoms with van der Waals surface area (Å²) in [5, 5.41) is 10.6. The monoisotopic (exact) mass is 365 g/mol. The first-order chi connectivity index (χ1) is 12.8. The molecule has 0 saturated heterocycles. The molecule has 2 aromatic heterocycles. The van der Waals surface area contributed by atoms with Crippen molar-refractivity contribution in [3.63, 3.8) is 0 Å². The van der Waals surface area contributed by atoms with Crippen molar-refractivity contribution >= 4 is 28.4 Å². The Balaban J connectivity index is 1.89. The van der Waals surface area contributed by atoms with E-state index in [4.69, 9.17) is 4.42 Å². The maximum absolute atomic E-state index is 13.0. The van der Waals surface area contributed by atoms with Crippen LogP contribution in [0.4, 0.5) is 5.69 Å². The van der Waals surface area contributed by atoms with E-state index in [1.54, 1.807) is 57.4 Å². The third-order valence-corrected chi connectivity index (χ3v) is 4.63. The molecule has 1 unspecified atom stereocenters. The molecule has 0 aliphatic carbocycles. The number of anilines is 1. The largest absolute Gasteiger partial charge is 0.503 e. The fourth-order valence-corrected chi connectivity index (χ4v) is 3.29. The molecular formula is C20H19N3O4. The second kappa shape index (κ2) is 5.84. The van der Waals surface area contributed by atoms with Gasteiger partial charge < -0.3 is 14.5 Å². The van der Waals surface area contributed by atoms with Crippen LogP contribution in [0.1, 0.15) is 32.6 Å². The number of imidazole rings is 1. The highest BCUT2D eigenvalue weighted by molar-refractivity contribution is 6.17. The average molecular weight is 365 g/mol. The molecule has 1 aliphatic heterocycles. The molecular weight excluding hydrogens is 346 g/mol. The molecule has 0 spiro atoms. The van der Waals surface area contributed by atoms with E-state index < -0.39 is 23.1 Å². The lowest BCUT2D eigenvalue weighted by Gasteiger charge is -2.27. The first kappa shape index (κ1) is 17.1. The van der Waals surface area contributed by atoms with Crippen LogP contribution in [0.25, 0.3) is 11.0 Å². The van der Waals surface area contributed by atoms with Crippen LogP contribution < -0.4 is 4.90 Å². The first-order valence-electron chi connectivity index (χ1n) is 8.57. The summed E-state index contributed by atoms with van der Waals surface area (Å²) >= 11 is 0. The first-order valence-corrected chi connectivity index (χ1v) is 8.57. The summed E-state index contributed by atoms with van der Waals surface area (Å²) in [5.41, 5.74) is 1.29. The van der Waals surface area contributed by atoms with Crippen molar-refractivity contribution in [3.05, 3.63) is 60.0 Å². The standard InChI is InChI=1S/C20H19N3O4/c1-20(2,3)18(25)15-16(14-5-4-8-27-14)23(19(26)17(15)24)11-6-7-12-13(9-11)22-10-21-12/h4-10,16,24H,1-3H3,(H,21,22). The van der Waals surface area contributed by atoms with Crippen LogP contribution in [0.5, 0.6) is 0 Å². The van der Waals surface area contributed by atoms with E-state index in [1.165, 1.54) is 11.2 Å². The molecule has 1 amide bonds. The minimum atomic E-state index is -0.837. The van der Waals surface area contributed by atoms with Gasteiger partial charge in [-0.15, -0.1) is 0 Å². The molecule has 4 rings (SSSR count). The summed E-state index contributed by atoms with van der Waals surface area (Å²) in [4.78, 5) is 34.5. The van der Waals surface area contributed by atoms with Crippen molar-refractivity contribution in [2.45, 2.75) is 26.8 Å². The Morgan fingerprint density at radius 1 is 1.30 bits per heavy atom. The number of rotatable bonds is 3. The number of aromatic amines is 1. The fourth-order valence-electron chi connectivity index (χ4n) is 3.29. The van der Waals surface area contributed by atoms with Crippen molar-refractivity contribution in [1.82, 2.24) is 9.97 Å². The lowest BCUT2D eigenvalue weighted by molar-refractivity contribution is -0.123. The van der Waals surface area contributed by atoms with E-state index in [0.29, 0.717) is 17.0 Å². The van der Waals surface area contributed by atoms with Crippen molar-refractivity contribution in [1.29, 1.82) is 0 Å². The molecule has 7 heteroatoms. The smallest absolute Gasteiger partial charge is 0.294 e. The van der Waals surface area contributed by atoms with Crippen LogP contribution in [-0.2, 0) is 9.59 Å². The third kappa shape index (κ3) is 2.63. The van der Waals surface area contributed by atoms with E-state index in [0.717, 1.165) is 5.52 Å². The van der Waals surface area contributed by atoms with Crippen LogP contribution in [0.2, 0.25) is 0 Å². The van der Waals surface area contributed by atoms with E-state index >= 15 is 0 Å². The maximum Gasteiger partial charge on any atom is 0.294 e. The van der Waals surface area contributed by atoms with Gasteiger partial charge in [0.15, 0.2) is 11.5 Å². The molecule has 3 aromatic rings. The number of Topliss-reactive ketones (excluding diaryl/α,β-unsaturated/α-hetero) is 1. The molecule has 2 N–H and O–H groups in total. The number of aliphatic hydroxyl groups is 1. The molecule has 0 fully saturated rings. The number of nitrogens with one attached hydrogen (secondary N) is 1. The predicted molar refractivity (Wildman–Crippen MR) is 99.1 cm³/mol. The number of amides is 1. The summed E-state index contributed by atoms with van der Waals surface area (Å²) in [5.74, 6) is -1.09. The van der Waals surface area contributed by atoms with E-state index in [1.807, 2.05) is 0 Å². The Bertz CT molecular complexity index is 1070.